The van der Waals surface area contributed by atoms with E-state index in [4.69, 9.17) is 18.9 Å². The Morgan fingerprint density at radius 3 is 2.83 bits per heavy atom. The van der Waals surface area contributed by atoms with Crippen molar-refractivity contribution in [2.75, 3.05) is 27.9 Å². The van der Waals surface area contributed by atoms with Crippen molar-refractivity contribution >= 4 is 5.91 Å². The largest absolute Gasteiger partial charge is 0.377 e. The highest BCUT2D eigenvalue weighted by molar-refractivity contribution is 5.95. The number of piperidine rings is 1. The molecule has 3 heterocycles. The second-order valence-electron chi connectivity index (χ2n) is 6.30. The molecule has 124 valence electrons. The van der Waals surface area contributed by atoms with Crippen LogP contribution in [0.1, 0.15) is 12.8 Å². The molecule has 0 saturated carbocycles. The third-order valence-corrected chi connectivity index (χ3v) is 5.46. The molecule has 6 heteroatoms. The van der Waals surface area contributed by atoms with Gasteiger partial charge in [-0.15, -0.1) is 0 Å². The van der Waals surface area contributed by atoms with Crippen LogP contribution >= 0.6 is 0 Å². The molecule has 4 atom stereocenters. The summed E-state index contributed by atoms with van der Waals surface area (Å²) in [7, 11) is 4.93. The normalized spacial score (nSPS) is 41.3. The molecule has 0 unspecified atom stereocenters. The standard InChI is InChI=1S/C17H21NO5/c1-20-12-5-4-11-8-14(19)18-7-6-17(22-3)13(16(11,18)10-12)9-15(21-2)23-17/h4-5,8-9,12,15H,6-7,10H2,1-3H3/t12-,15-,16-,17-/m0/s1. The molecule has 1 amide bonds. The minimum atomic E-state index is -0.843. The van der Waals surface area contributed by atoms with Crippen LogP contribution in [-0.2, 0) is 23.7 Å². The minimum absolute atomic E-state index is 0.0351. The van der Waals surface area contributed by atoms with Crippen molar-refractivity contribution < 1.29 is 23.7 Å². The monoisotopic (exact) mass is 319 g/mol. The number of nitrogens with zero attached hydrogens (tertiary/aromatic N) is 1. The van der Waals surface area contributed by atoms with Crippen molar-refractivity contribution in [2.24, 2.45) is 0 Å². The fourth-order valence-electron chi connectivity index (χ4n) is 4.36. The average molecular weight is 319 g/mol. The first kappa shape index (κ1) is 15.1. The summed E-state index contributed by atoms with van der Waals surface area (Å²) in [5.74, 6) is -0.808. The van der Waals surface area contributed by atoms with E-state index in [2.05, 4.69) is 0 Å². The molecular weight excluding hydrogens is 298 g/mol. The van der Waals surface area contributed by atoms with Crippen LogP contribution < -0.4 is 0 Å². The molecule has 0 aromatic heterocycles. The SMILES string of the molecule is CO[C@@H]1C=C2[C@](OC)(CCN3C(=O)C=C4C=C[C@H](OC)C[C@]423)O1. The molecule has 4 aliphatic rings. The van der Waals surface area contributed by atoms with Gasteiger partial charge in [-0.2, -0.15) is 0 Å². The van der Waals surface area contributed by atoms with E-state index in [1.165, 1.54) is 0 Å². The first-order chi connectivity index (χ1) is 11.1. The number of fused-ring (bicyclic) bond motifs is 1. The van der Waals surface area contributed by atoms with Crippen LogP contribution in [0.2, 0.25) is 0 Å². The third-order valence-electron chi connectivity index (χ3n) is 5.46. The van der Waals surface area contributed by atoms with Gasteiger partial charge in [0.15, 0.2) is 12.1 Å². The van der Waals surface area contributed by atoms with E-state index >= 15 is 0 Å². The lowest BCUT2D eigenvalue weighted by atomic mass is 9.69. The average Bonchev–Trinajstić information content (AvgIpc) is 3.09. The van der Waals surface area contributed by atoms with E-state index < -0.39 is 17.6 Å². The molecule has 0 bridgehead atoms. The lowest BCUT2D eigenvalue weighted by Crippen LogP contribution is -2.62. The van der Waals surface area contributed by atoms with Gasteiger partial charge in [-0.25, -0.2) is 0 Å². The Morgan fingerprint density at radius 2 is 2.13 bits per heavy atom. The van der Waals surface area contributed by atoms with Gasteiger partial charge in [0.05, 0.1) is 11.6 Å². The highest BCUT2D eigenvalue weighted by Gasteiger charge is 2.63. The molecule has 4 rings (SSSR count). The van der Waals surface area contributed by atoms with Crippen molar-refractivity contribution in [1.29, 1.82) is 0 Å². The Morgan fingerprint density at radius 1 is 1.30 bits per heavy atom. The molecule has 23 heavy (non-hydrogen) atoms. The molecule has 1 fully saturated rings. The molecule has 3 aliphatic heterocycles. The van der Waals surface area contributed by atoms with Crippen LogP contribution in [0.3, 0.4) is 0 Å². The summed E-state index contributed by atoms with van der Waals surface area (Å²) in [5, 5.41) is 0. The van der Waals surface area contributed by atoms with Crippen molar-refractivity contribution in [1.82, 2.24) is 4.90 Å². The van der Waals surface area contributed by atoms with E-state index in [0.717, 1.165) is 11.1 Å². The van der Waals surface area contributed by atoms with Crippen molar-refractivity contribution in [3.05, 3.63) is 35.5 Å². The molecule has 1 aliphatic carbocycles. The molecule has 1 saturated heterocycles. The zero-order valence-corrected chi connectivity index (χ0v) is 13.6. The number of hydrogen-bond donors (Lipinski definition) is 0. The molecule has 0 radical (unpaired) electrons. The molecule has 0 N–H and O–H groups in total. The maximum Gasteiger partial charge on any atom is 0.247 e. The van der Waals surface area contributed by atoms with E-state index in [-0.39, 0.29) is 12.0 Å². The predicted molar refractivity (Wildman–Crippen MR) is 81.4 cm³/mol. The van der Waals surface area contributed by atoms with E-state index in [1.807, 2.05) is 23.1 Å². The number of methoxy groups -OCH3 is 3. The maximum atomic E-state index is 12.5. The van der Waals surface area contributed by atoms with Crippen LogP contribution in [0.25, 0.3) is 0 Å². The van der Waals surface area contributed by atoms with Gasteiger partial charge in [-0.05, 0) is 11.6 Å². The smallest absolute Gasteiger partial charge is 0.247 e. The van der Waals surface area contributed by atoms with Crippen molar-refractivity contribution in [2.45, 2.75) is 36.6 Å². The summed E-state index contributed by atoms with van der Waals surface area (Å²) in [4.78, 5) is 14.5. The summed E-state index contributed by atoms with van der Waals surface area (Å²) < 4.78 is 22.8. The fourth-order valence-corrected chi connectivity index (χ4v) is 4.36. The van der Waals surface area contributed by atoms with Gasteiger partial charge in [-0.3, -0.25) is 4.79 Å². The Labute approximate surface area is 135 Å². The van der Waals surface area contributed by atoms with Crippen LogP contribution in [0, 0.1) is 0 Å². The van der Waals surface area contributed by atoms with Gasteiger partial charge < -0.3 is 23.8 Å². The van der Waals surface area contributed by atoms with E-state index in [9.17, 15) is 4.79 Å². The Bertz CT molecular complexity index is 639. The van der Waals surface area contributed by atoms with Crippen LogP contribution in [-0.4, -0.2) is 62.4 Å². The van der Waals surface area contributed by atoms with Gasteiger partial charge in [0, 0.05) is 52.4 Å². The summed E-state index contributed by atoms with van der Waals surface area (Å²) in [6.45, 7) is 0.574. The zero-order chi connectivity index (χ0) is 16.2. The molecular formula is C17H21NO5. The van der Waals surface area contributed by atoms with Gasteiger partial charge in [0.2, 0.25) is 5.91 Å². The topological polar surface area (TPSA) is 57.2 Å². The lowest BCUT2D eigenvalue weighted by Gasteiger charge is -2.52. The summed E-state index contributed by atoms with van der Waals surface area (Å²) >= 11 is 0. The summed E-state index contributed by atoms with van der Waals surface area (Å²) in [5.41, 5.74) is 1.37. The van der Waals surface area contributed by atoms with Gasteiger partial charge in [0.1, 0.15) is 0 Å². The first-order valence-corrected chi connectivity index (χ1v) is 7.83. The maximum absolute atomic E-state index is 12.5. The Kier molecular flexibility index (Phi) is 3.29. The highest BCUT2D eigenvalue weighted by Crippen LogP contribution is 2.55. The fraction of sp³-hybridized carbons (Fsp3) is 0.588. The summed E-state index contributed by atoms with van der Waals surface area (Å²) in [6, 6.07) is 0. The second-order valence-corrected chi connectivity index (χ2v) is 6.30. The molecule has 1 spiro atoms. The van der Waals surface area contributed by atoms with Gasteiger partial charge in [-0.1, -0.05) is 12.2 Å². The summed E-state index contributed by atoms with van der Waals surface area (Å²) in [6.07, 6.45) is 8.38. The molecule has 6 nitrogen and oxygen atoms in total. The second kappa shape index (κ2) is 5.01. The molecule has 0 aromatic rings. The first-order valence-electron chi connectivity index (χ1n) is 7.83. The van der Waals surface area contributed by atoms with Crippen molar-refractivity contribution in [3.63, 3.8) is 0 Å². The minimum Gasteiger partial charge on any atom is -0.377 e. The van der Waals surface area contributed by atoms with Gasteiger partial charge in [0.25, 0.3) is 0 Å². The number of rotatable bonds is 3. The number of ether oxygens (including phenoxy) is 4. The van der Waals surface area contributed by atoms with Crippen LogP contribution in [0.5, 0.6) is 0 Å². The quantitative estimate of drug-likeness (QED) is 0.730. The van der Waals surface area contributed by atoms with Gasteiger partial charge >= 0.3 is 0 Å². The lowest BCUT2D eigenvalue weighted by molar-refractivity contribution is -0.261. The van der Waals surface area contributed by atoms with E-state index in [0.29, 0.717) is 19.4 Å². The van der Waals surface area contributed by atoms with Crippen LogP contribution in [0.4, 0.5) is 0 Å². The predicted octanol–water partition coefficient (Wildman–Crippen LogP) is 1.14. The third kappa shape index (κ3) is 1.80. The highest BCUT2D eigenvalue weighted by atomic mass is 16.8. The van der Waals surface area contributed by atoms with Crippen molar-refractivity contribution in [3.8, 4) is 0 Å². The zero-order valence-electron chi connectivity index (χ0n) is 13.6. The number of amides is 1. The Hall–Kier alpha value is -1.47. The van der Waals surface area contributed by atoms with E-state index in [1.54, 1.807) is 27.4 Å². The number of carbonyl (C=O) groups excluding carboxylic acids is 1. The molecule has 0 aromatic carbocycles. The number of hydrogen-bond acceptors (Lipinski definition) is 5. The Balaban J connectivity index is 1.88. The van der Waals surface area contributed by atoms with Crippen LogP contribution in [0.15, 0.2) is 35.5 Å². The number of carbonyl (C=O) groups is 1.